The lowest BCUT2D eigenvalue weighted by Gasteiger charge is -2.27. The first kappa shape index (κ1) is 16.2. The van der Waals surface area contributed by atoms with Crippen LogP contribution in [0.4, 0.5) is 0 Å². The van der Waals surface area contributed by atoms with Gasteiger partial charge in [0, 0.05) is 7.11 Å². The smallest absolute Gasteiger partial charge is 0.305 e. The first-order chi connectivity index (χ1) is 10.4. The van der Waals surface area contributed by atoms with Crippen molar-refractivity contribution < 1.29 is 19.4 Å². The number of aromatic amines is 1. The third-order valence-electron chi connectivity index (χ3n) is 3.02. The minimum Gasteiger partial charge on any atom is -0.481 e. The highest BCUT2D eigenvalue weighted by Crippen LogP contribution is 2.23. The maximum absolute atomic E-state index is 12.3. The summed E-state index contributed by atoms with van der Waals surface area (Å²) in [6, 6.07) is 5.46. The molecule has 7 nitrogen and oxygen atoms in total. The van der Waals surface area contributed by atoms with E-state index in [1.807, 2.05) is 17.5 Å². The Morgan fingerprint density at radius 2 is 2.32 bits per heavy atom. The van der Waals surface area contributed by atoms with Crippen LogP contribution in [0.1, 0.15) is 23.8 Å². The van der Waals surface area contributed by atoms with E-state index in [0.29, 0.717) is 0 Å². The van der Waals surface area contributed by atoms with Gasteiger partial charge in [0.25, 0.3) is 5.91 Å². The Morgan fingerprint density at radius 1 is 1.55 bits per heavy atom. The fourth-order valence-electron chi connectivity index (χ4n) is 2.12. The molecule has 0 aliphatic heterocycles. The Kier molecular flexibility index (Phi) is 4.94. The second-order valence-electron chi connectivity index (χ2n) is 5.16. The zero-order valence-corrected chi connectivity index (χ0v) is 13.1. The van der Waals surface area contributed by atoms with Crippen molar-refractivity contribution in [2.45, 2.75) is 18.9 Å². The molecule has 2 aromatic heterocycles. The van der Waals surface area contributed by atoms with E-state index in [1.54, 1.807) is 13.0 Å². The van der Waals surface area contributed by atoms with Crippen LogP contribution >= 0.6 is 11.3 Å². The normalized spacial score (nSPS) is 13.5. The summed E-state index contributed by atoms with van der Waals surface area (Å²) in [5.41, 5.74) is -0.0531. The number of rotatable bonds is 7. The number of carbonyl (C=O) groups is 2. The lowest BCUT2D eigenvalue weighted by atomic mass is 9.98. The van der Waals surface area contributed by atoms with Crippen LogP contribution in [0.2, 0.25) is 0 Å². The number of hydrogen-bond acceptors (Lipinski definition) is 5. The van der Waals surface area contributed by atoms with Gasteiger partial charge in [0.05, 0.1) is 29.1 Å². The third kappa shape index (κ3) is 3.92. The number of thiophene rings is 1. The van der Waals surface area contributed by atoms with Crippen LogP contribution in [-0.2, 0) is 9.53 Å². The van der Waals surface area contributed by atoms with Crippen molar-refractivity contribution in [3.05, 3.63) is 29.3 Å². The Bertz CT molecular complexity index is 653. The molecule has 2 aromatic rings. The molecule has 0 aliphatic rings. The molecule has 2 heterocycles. The number of nitrogens with zero attached hydrogens (tertiary/aromatic N) is 1. The highest BCUT2D eigenvalue weighted by Gasteiger charge is 2.30. The van der Waals surface area contributed by atoms with Crippen LogP contribution in [0.3, 0.4) is 0 Å². The fraction of sp³-hybridized carbons (Fsp3) is 0.357. The predicted molar refractivity (Wildman–Crippen MR) is 81.9 cm³/mol. The van der Waals surface area contributed by atoms with E-state index >= 15 is 0 Å². The second-order valence-corrected chi connectivity index (χ2v) is 6.11. The number of amides is 1. The number of aliphatic carboxylic acids is 1. The van der Waals surface area contributed by atoms with Gasteiger partial charge in [0.1, 0.15) is 0 Å². The van der Waals surface area contributed by atoms with Crippen molar-refractivity contribution in [1.82, 2.24) is 15.5 Å². The van der Waals surface area contributed by atoms with Crippen molar-refractivity contribution in [2.75, 3.05) is 13.7 Å². The molecule has 1 atom stereocenters. The van der Waals surface area contributed by atoms with E-state index in [2.05, 4.69) is 15.5 Å². The van der Waals surface area contributed by atoms with Crippen molar-refractivity contribution in [1.29, 1.82) is 0 Å². The molecule has 0 saturated heterocycles. The molecule has 8 heteroatoms. The molecule has 22 heavy (non-hydrogen) atoms. The van der Waals surface area contributed by atoms with Crippen molar-refractivity contribution in [2.24, 2.45) is 0 Å². The summed E-state index contributed by atoms with van der Waals surface area (Å²) in [5, 5.41) is 20.3. The van der Waals surface area contributed by atoms with E-state index in [4.69, 9.17) is 9.84 Å². The predicted octanol–water partition coefficient (Wildman–Crippen LogP) is 1.75. The summed E-state index contributed by atoms with van der Waals surface area (Å²) in [4.78, 5) is 24.2. The third-order valence-corrected chi connectivity index (χ3v) is 3.92. The van der Waals surface area contributed by atoms with Gasteiger partial charge in [-0.05, 0) is 24.4 Å². The van der Waals surface area contributed by atoms with Gasteiger partial charge in [0.15, 0.2) is 5.69 Å². The Hall–Kier alpha value is -2.19. The van der Waals surface area contributed by atoms with Crippen LogP contribution in [0.25, 0.3) is 10.6 Å². The van der Waals surface area contributed by atoms with Gasteiger partial charge in [-0.2, -0.15) is 5.10 Å². The summed E-state index contributed by atoms with van der Waals surface area (Å²) in [7, 11) is 1.45. The van der Waals surface area contributed by atoms with Gasteiger partial charge in [0.2, 0.25) is 0 Å². The summed E-state index contributed by atoms with van der Waals surface area (Å²) < 4.78 is 5.00. The molecule has 0 fully saturated rings. The minimum atomic E-state index is -1.01. The average molecular weight is 323 g/mol. The zero-order valence-electron chi connectivity index (χ0n) is 12.3. The van der Waals surface area contributed by atoms with Gasteiger partial charge >= 0.3 is 5.97 Å². The molecule has 3 N–H and O–H groups in total. The number of carboxylic acid groups (broad SMARTS) is 1. The number of aromatic nitrogens is 2. The van der Waals surface area contributed by atoms with E-state index in [-0.39, 0.29) is 18.7 Å². The standard InChI is InChI=1S/C14H17N3O4S/c1-14(8-21-2,7-12(18)19)15-13(20)10-6-9(16-17-10)11-4-3-5-22-11/h3-6H,7-8H2,1-2H3,(H,15,20)(H,16,17)(H,18,19). The number of hydrogen-bond donors (Lipinski definition) is 3. The number of H-pyrrole nitrogens is 1. The first-order valence-corrected chi connectivity index (χ1v) is 7.44. The molecular weight excluding hydrogens is 306 g/mol. The Balaban J connectivity index is 2.12. The number of nitrogens with one attached hydrogen (secondary N) is 2. The summed E-state index contributed by atoms with van der Waals surface area (Å²) in [5.74, 6) is -1.46. The number of carboxylic acids is 1. The van der Waals surface area contributed by atoms with Gasteiger partial charge in [-0.25, -0.2) is 0 Å². The van der Waals surface area contributed by atoms with E-state index in [9.17, 15) is 9.59 Å². The Labute approximate surface area is 131 Å². The first-order valence-electron chi connectivity index (χ1n) is 6.56. The lowest BCUT2D eigenvalue weighted by Crippen LogP contribution is -2.50. The van der Waals surface area contributed by atoms with Crippen LogP contribution in [-0.4, -0.2) is 46.4 Å². The Morgan fingerprint density at radius 3 is 2.91 bits per heavy atom. The fourth-order valence-corrected chi connectivity index (χ4v) is 2.81. The highest BCUT2D eigenvalue weighted by atomic mass is 32.1. The van der Waals surface area contributed by atoms with Gasteiger partial charge in [-0.1, -0.05) is 6.07 Å². The minimum absolute atomic E-state index is 0.0905. The summed E-state index contributed by atoms with van der Waals surface area (Å²) in [6.07, 6.45) is -0.241. The topological polar surface area (TPSA) is 104 Å². The quantitative estimate of drug-likeness (QED) is 0.720. The van der Waals surface area contributed by atoms with E-state index < -0.39 is 17.4 Å². The van der Waals surface area contributed by atoms with Crippen molar-refractivity contribution in [3.8, 4) is 10.6 Å². The van der Waals surface area contributed by atoms with Crippen LogP contribution in [0.15, 0.2) is 23.6 Å². The molecule has 0 saturated carbocycles. The summed E-state index contributed by atoms with van der Waals surface area (Å²) in [6.45, 7) is 1.71. The summed E-state index contributed by atoms with van der Waals surface area (Å²) >= 11 is 1.53. The van der Waals surface area contributed by atoms with Crippen LogP contribution in [0.5, 0.6) is 0 Å². The molecule has 118 valence electrons. The maximum Gasteiger partial charge on any atom is 0.305 e. The molecular formula is C14H17N3O4S. The van der Waals surface area contributed by atoms with Crippen molar-refractivity contribution in [3.63, 3.8) is 0 Å². The molecule has 0 aromatic carbocycles. The molecule has 0 radical (unpaired) electrons. The largest absolute Gasteiger partial charge is 0.481 e. The molecule has 0 bridgehead atoms. The molecule has 0 aliphatic carbocycles. The number of methoxy groups -OCH3 is 1. The van der Waals surface area contributed by atoms with Crippen LogP contribution in [0, 0.1) is 0 Å². The van der Waals surface area contributed by atoms with Crippen LogP contribution < -0.4 is 5.32 Å². The number of carbonyl (C=O) groups excluding carboxylic acids is 1. The second kappa shape index (κ2) is 6.71. The SMILES string of the molecule is COCC(C)(CC(=O)O)NC(=O)c1cc(-c2cccs2)[nH]n1. The monoisotopic (exact) mass is 323 g/mol. The van der Waals surface area contributed by atoms with E-state index in [0.717, 1.165) is 10.6 Å². The maximum atomic E-state index is 12.3. The van der Waals surface area contributed by atoms with Gasteiger partial charge in [-0.15, -0.1) is 11.3 Å². The highest BCUT2D eigenvalue weighted by molar-refractivity contribution is 7.13. The molecule has 1 amide bonds. The lowest BCUT2D eigenvalue weighted by molar-refractivity contribution is -0.139. The average Bonchev–Trinajstić information content (AvgIpc) is 3.09. The number of ether oxygens (including phenoxy) is 1. The van der Waals surface area contributed by atoms with Crippen molar-refractivity contribution >= 4 is 23.2 Å². The molecule has 1 unspecified atom stereocenters. The molecule has 0 spiro atoms. The van der Waals surface area contributed by atoms with E-state index in [1.165, 1.54) is 18.4 Å². The zero-order chi connectivity index (χ0) is 16.2. The van der Waals surface area contributed by atoms with Gasteiger partial charge < -0.3 is 15.2 Å². The molecule has 2 rings (SSSR count). The van der Waals surface area contributed by atoms with Gasteiger partial charge in [-0.3, -0.25) is 14.7 Å².